The predicted molar refractivity (Wildman–Crippen MR) is 134 cm³/mol. The van der Waals surface area contributed by atoms with Gasteiger partial charge in [-0.2, -0.15) is 16.8 Å². The minimum atomic E-state index is -4.46. The molecule has 0 amide bonds. The van der Waals surface area contributed by atoms with Crippen molar-refractivity contribution in [3.05, 3.63) is 0 Å². The van der Waals surface area contributed by atoms with E-state index in [1.165, 1.54) is 32.6 Å². The number of alkyl halides is 4. The molecule has 0 atom stereocenters. The molecule has 0 aliphatic rings. The van der Waals surface area contributed by atoms with Crippen molar-refractivity contribution in [2.45, 2.75) is 98.1 Å². The standard InChI is InChI=1S/C8H15F3O6S2.C6H14O.C6H14.C2H5F/c1-7(9,10)4-8(11,5-18(12,13)16-2)6-19(14,15)17-3;1-3-5-7-6-4-2;1-3-5-6-4-2;1-2-3/h4-6H2,1-3H3;3-6H2,1-2H3;3-6H2,1-2H3;2H2,1H3. The molecule has 0 heterocycles. The maximum Gasteiger partial charge on any atom is 0.270 e. The molecule has 13 heteroatoms. The highest BCUT2D eigenvalue weighted by atomic mass is 32.2. The molecule has 0 fully saturated rings. The van der Waals surface area contributed by atoms with E-state index in [1.807, 2.05) is 0 Å². The molecule has 0 spiro atoms. The zero-order chi connectivity index (χ0) is 28.6. The molecule has 218 valence electrons. The molecule has 0 aromatic heterocycles. The van der Waals surface area contributed by atoms with Crippen LogP contribution in [0.2, 0.25) is 0 Å². The van der Waals surface area contributed by atoms with Crippen LogP contribution in [0.15, 0.2) is 0 Å². The van der Waals surface area contributed by atoms with Crippen molar-refractivity contribution in [2.24, 2.45) is 0 Å². The minimum absolute atomic E-state index is 0.250. The van der Waals surface area contributed by atoms with E-state index in [1.54, 1.807) is 0 Å². The smallest absolute Gasteiger partial charge is 0.270 e. The summed E-state index contributed by atoms with van der Waals surface area (Å²) in [5.41, 5.74) is -3.22. The number of hydrogen-bond donors (Lipinski definition) is 0. The van der Waals surface area contributed by atoms with E-state index in [9.17, 15) is 34.4 Å². The first-order valence-corrected chi connectivity index (χ1v) is 14.9. The summed E-state index contributed by atoms with van der Waals surface area (Å²) in [7, 11) is -7.49. The van der Waals surface area contributed by atoms with E-state index in [2.05, 4.69) is 36.1 Å². The summed E-state index contributed by atoms with van der Waals surface area (Å²) in [6.07, 6.45) is 6.22. The average Bonchev–Trinajstić information content (AvgIpc) is 2.71. The third kappa shape index (κ3) is 35.7. The van der Waals surface area contributed by atoms with Crippen molar-refractivity contribution in [1.82, 2.24) is 0 Å². The second-order valence-electron chi connectivity index (χ2n) is 7.72. The van der Waals surface area contributed by atoms with Gasteiger partial charge >= 0.3 is 0 Å². The summed E-state index contributed by atoms with van der Waals surface area (Å²) in [5.74, 6) is -6.62. The van der Waals surface area contributed by atoms with E-state index in [0.29, 0.717) is 21.1 Å². The highest BCUT2D eigenvalue weighted by molar-refractivity contribution is 7.87. The molecule has 7 nitrogen and oxygen atoms in total. The molecule has 0 radical (unpaired) electrons. The normalized spacial score (nSPS) is 11.9. The molecule has 0 rings (SSSR count). The molecule has 0 bridgehead atoms. The second kappa shape index (κ2) is 23.9. The van der Waals surface area contributed by atoms with Gasteiger partial charge in [0.2, 0.25) is 5.92 Å². The van der Waals surface area contributed by atoms with Crippen molar-refractivity contribution in [1.29, 1.82) is 0 Å². The monoisotopic (exact) mass is 564 g/mol. The topological polar surface area (TPSA) is 96.0 Å². The first-order valence-electron chi connectivity index (χ1n) is 11.8. The van der Waals surface area contributed by atoms with Crippen LogP contribution in [0, 0.1) is 0 Å². The fourth-order valence-corrected chi connectivity index (χ4v) is 4.38. The van der Waals surface area contributed by atoms with Crippen LogP contribution in [0.5, 0.6) is 0 Å². The van der Waals surface area contributed by atoms with Crippen molar-refractivity contribution < 1.29 is 47.5 Å². The highest BCUT2D eigenvalue weighted by Crippen LogP contribution is 2.31. The summed E-state index contributed by atoms with van der Waals surface area (Å²) in [4.78, 5) is 0. The lowest BCUT2D eigenvalue weighted by molar-refractivity contribution is -0.0291. The van der Waals surface area contributed by atoms with E-state index >= 15 is 0 Å². The van der Waals surface area contributed by atoms with Gasteiger partial charge in [-0.05, 0) is 26.7 Å². The van der Waals surface area contributed by atoms with Crippen molar-refractivity contribution in [3.63, 3.8) is 0 Å². The summed E-state index contributed by atoms with van der Waals surface area (Å²) >= 11 is 0. The summed E-state index contributed by atoms with van der Waals surface area (Å²) < 4.78 is 108. The van der Waals surface area contributed by atoms with Crippen molar-refractivity contribution >= 4 is 20.2 Å². The maximum absolute atomic E-state index is 14.3. The van der Waals surface area contributed by atoms with Gasteiger partial charge in [-0.3, -0.25) is 12.8 Å². The largest absolute Gasteiger partial charge is 0.381 e. The number of halogens is 4. The molecule has 0 saturated heterocycles. The van der Waals surface area contributed by atoms with E-state index in [-0.39, 0.29) is 6.67 Å². The first-order chi connectivity index (χ1) is 16.0. The Bertz CT molecular complexity index is 609. The van der Waals surface area contributed by atoms with Gasteiger partial charge in [-0.25, -0.2) is 13.2 Å². The molecular weight excluding hydrogens is 516 g/mol. The van der Waals surface area contributed by atoms with Crippen molar-refractivity contribution in [3.8, 4) is 0 Å². The Hall–Kier alpha value is -0.500. The number of rotatable bonds is 15. The van der Waals surface area contributed by atoms with Gasteiger partial charge in [0.1, 0.15) is 17.2 Å². The van der Waals surface area contributed by atoms with Gasteiger partial charge < -0.3 is 4.74 Å². The van der Waals surface area contributed by atoms with E-state index < -0.39 is 49.8 Å². The summed E-state index contributed by atoms with van der Waals surface area (Å²) in [6, 6.07) is 0. The minimum Gasteiger partial charge on any atom is -0.381 e. The van der Waals surface area contributed by atoms with Crippen LogP contribution >= 0.6 is 0 Å². The Morgan fingerprint density at radius 3 is 1.20 bits per heavy atom. The fourth-order valence-electron chi connectivity index (χ4n) is 2.34. The number of hydrogen-bond acceptors (Lipinski definition) is 7. The molecule has 0 unspecified atom stereocenters. The van der Waals surface area contributed by atoms with Crippen LogP contribution in [0.1, 0.15) is 86.5 Å². The van der Waals surface area contributed by atoms with E-state index in [0.717, 1.165) is 26.1 Å². The van der Waals surface area contributed by atoms with Crippen molar-refractivity contribution in [2.75, 3.05) is 45.6 Å². The lowest BCUT2D eigenvalue weighted by atomic mass is 10.0. The van der Waals surface area contributed by atoms with Gasteiger partial charge in [0.15, 0.2) is 0 Å². The maximum atomic E-state index is 14.3. The number of unbranched alkanes of at least 4 members (excludes halogenated alkanes) is 3. The van der Waals surface area contributed by atoms with Crippen LogP contribution in [0.25, 0.3) is 0 Å². The van der Waals surface area contributed by atoms with E-state index in [4.69, 9.17) is 4.74 Å². The van der Waals surface area contributed by atoms with Gasteiger partial charge in [0, 0.05) is 19.6 Å². The Labute approximate surface area is 211 Å². The molecule has 0 aliphatic heterocycles. The van der Waals surface area contributed by atoms with Crippen LogP contribution in [-0.2, 0) is 33.3 Å². The average molecular weight is 565 g/mol. The van der Waals surface area contributed by atoms with Crippen LogP contribution < -0.4 is 0 Å². The zero-order valence-corrected chi connectivity index (χ0v) is 24.3. The second-order valence-corrected chi connectivity index (χ2v) is 11.2. The van der Waals surface area contributed by atoms with Crippen LogP contribution in [0.4, 0.5) is 17.6 Å². The zero-order valence-electron chi connectivity index (χ0n) is 22.7. The lowest BCUT2D eigenvalue weighted by Crippen LogP contribution is -2.44. The molecule has 0 aromatic rings. The van der Waals surface area contributed by atoms with Crippen LogP contribution in [0.3, 0.4) is 0 Å². The molecule has 0 aromatic carbocycles. The fraction of sp³-hybridized carbons (Fsp3) is 1.00. The van der Waals surface area contributed by atoms with Crippen LogP contribution in [-0.4, -0.2) is 74.0 Å². The SMILES string of the molecule is CCCCCC.CCCOCCC.CCF.COS(=O)(=O)CC(F)(CC(C)(F)F)CS(=O)(=O)OC. The predicted octanol–water partition coefficient (Wildman–Crippen LogP) is 6.08. The molecule has 35 heavy (non-hydrogen) atoms. The van der Waals surface area contributed by atoms with Gasteiger partial charge in [0.25, 0.3) is 20.2 Å². The Kier molecular flexibility index (Phi) is 28.4. The quantitative estimate of drug-likeness (QED) is 0.135. The summed E-state index contributed by atoms with van der Waals surface area (Å²) in [5, 5.41) is 0. The van der Waals surface area contributed by atoms with Gasteiger partial charge in [-0.1, -0.05) is 53.4 Å². The Morgan fingerprint density at radius 2 is 1.00 bits per heavy atom. The molecule has 0 N–H and O–H groups in total. The van der Waals surface area contributed by atoms with Gasteiger partial charge in [-0.15, -0.1) is 0 Å². The third-order valence-electron chi connectivity index (χ3n) is 3.66. The highest BCUT2D eigenvalue weighted by Gasteiger charge is 2.46. The number of ether oxygens (including phenoxy) is 1. The lowest BCUT2D eigenvalue weighted by Gasteiger charge is -2.26. The third-order valence-corrected chi connectivity index (χ3v) is 6.42. The summed E-state index contributed by atoms with van der Waals surface area (Å²) in [6.45, 7) is 12.1. The molecule has 0 aliphatic carbocycles. The first kappa shape index (κ1) is 41.6. The van der Waals surface area contributed by atoms with Gasteiger partial charge in [0.05, 0.1) is 20.9 Å². The molecule has 0 saturated carbocycles. The Morgan fingerprint density at radius 1 is 0.686 bits per heavy atom. The Balaban J connectivity index is -0.000000244. The molecular formula is C22H48F4O7S2.